The summed E-state index contributed by atoms with van der Waals surface area (Å²) in [4.78, 5) is 20.3. The molecule has 0 amide bonds. The fourth-order valence-electron chi connectivity index (χ4n) is 2.23. The molecule has 1 aliphatic heterocycles. The van der Waals surface area contributed by atoms with Crippen LogP contribution in [0.15, 0.2) is 11.0 Å². The zero-order valence-electron chi connectivity index (χ0n) is 9.91. The Morgan fingerprint density at radius 1 is 1.58 bits per heavy atom. The number of nitrogens with two attached hydrogens (primary N) is 1. The van der Waals surface area contributed by atoms with Gasteiger partial charge < -0.3 is 19.9 Å². The van der Waals surface area contributed by atoms with Crippen molar-refractivity contribution in [2.45, 2.75) is 24.9 Å². The summed E-state index contributed by atoms with van der Waals surface area (Å²) in [5.74, 6) is 0.151. The van der Waals surface area contributed by atoms with E-state index in [1.54, 1.807) is 6.20 Å². The number of aliphatic hydroxyl groups is 2. The molecule has 0 aromatic carbocycles. The van der Waals surface area contributed by atoms with Crippen LogP contribution in [0, 0.1) is 0 Å². The molecule has 1 fully saturated rings. The van der Waals surface area contributed by atoms with Gasteiger partial charge in [0.15, 0.2) is 6.23 Å². The number of anilines is 1. The third-order valence-electron chi connectivity index (χ3n) is 3.19. The number of ether oxygens (including phenoxy) is 1. The monoisotopic (exact) mass is 268 g/mol. The van der Waals surface area contributed by atoms with Crippen LogP contribution >= 0.6 is 0 Å². The van der Waals surface area contributed by atoms with Crippen molar-refractivity contribution >= 4 is 17.1 Å². The van der Waals surface area contributed by atoms with Crippen LogP contribution < -0.4 is 16.0 Å². The number of fused-ring (bicyclic) bond motifs is 1. The number of rotatable bonds is 2. The Kier molecular flexibility index (Phi) is 2.73. The molecule has 3 atom stereocenters. The summed E-state index contributed by atoms with van der Waals surface area (Å²) in [6.45, 7) is -0.269. The van der Waals surface area contributed by atoms with Crippen molar-refractivity contribution in [3.05, 3.63) is 16.7 Å². The SMILES string of the molecule is Nc1nc2[nH]c(=O)[nH]c2c[n+]1C1C[C@H](O)[C@@H](CO)O1. The van der Waals surface area contributed by atoms with E-state index in [0.717, 1.165) is 0 Å². The van der Waals surface area contributed by atoms with Crippen LogP contribution in [-0.4, -0.2) is 44.0 Å². The van der Waals surface area contributed by atoms with Gasteiger partial charge in [-0.3, -0.25) is 10.7 Å². The third-order valence-corrected chi connectivity index (χ3v) is 3.19. The van der Waals surface area contributed by atoms with E-state index in [2.05, 4.69) is 15.0 Å². The molecule has 2 aromatic heterocycles. The third kappa shape index (κ3) is 1.97. The van der Waals surface area contributed by atoms with Gasteiger partial charge in [0.25, 0.3) is 0 Å². The van der Waals surface area contributed by atoms with Gasteiger partial charge in [-0.15, -0.1) is 0 Å². The van der Waals surface area contributed by atoms with E-state index in [4.69, 9.17) is 15.6 Å². The maximum Gasteiger partial charge on any atom is 0.393 e. The summed E-state index contributed by atoms with van der Waals surface area (Å²) in [5.41, 5.74) is 6.27. The smallest absolute Gasteiger partial charge is 0.393 e. The predicted octanol–water partition coefficient (Wildman–Crippen LogP) is -2.24. The molecule has 3 heterocycles. The van der Waals surface area contributed by atoms with Gasteiger partial charge in [-0.25, -0.2) is 9.36 Å². The number of nitrogen functional groups attached to an aromatic ring is 1. The normalized spacial score (nSPS) is 27.2. The lowest BCUT2D eigenvalue weighted by molar-refractivity contribution is -0.747. The topological polar surface area (TPSA) is 141 Å². The maximum atomic E-state index is 11.2. The second-order valence-electron chi connectivity index (χ2n) is 4.46. The highest BCUT2D eigenvalue weighted by Crippen LogP contribution is 2.25. The molecule has 3 rings (SSSR count). The molecule has 0 aliphatic carbocycles. The minimum atomic E-state index is -0.761. The predicted molar refractivity (Wildman–Crippen MR) is 62.9 cm³/mol. The zero-order chi connectivity index (χ0) is 13.6. The first-order valence-corrected chi connectivity index (χ1v) is 5.82. The van der Waals surface area contributed by atoms with Crippen LogP contribution in [0.5, 0.6) is 0 Å². The van der Waals surface area contributed by atoms with Crippen molar-refractivity contribution in [2.24, 2.45) is 0 Å². The van der Waals surface area contributed by atoms with Crippen molar-refractivity contribution in [1.82, 2.24) is 15.0 Å². The number of nitrogens with one attached hydrogen (secondary N) is 2. The summed E-state index contributed by atoms with van der Waals surface area (Å²) < 4.78 is 7.01. The van der Waals surface area contributed by atoms with Gasteiger partial charge in [0, 0.05) is 6.42 Å². The lowest BCUT2D eigenvalue weighted by Crippen LogP contribution is -2.43. The standard InChI is InChI=1S/C10H13N5O4/c11-9-13-8-4(12-10(18)14-8)2-15(9)7-1-5(17)6(3-16)19-7/h2,5-7,16-17H,1,3H2,(H3,11,12,13,14,18)/p+1/t5-,6+,7?/m0/s1. The highest BCUT2D eigenvalue weighted by Gasteiger charge is 2.37. The molecule has 6 N–H and O–H groups in total. The molecule has 19 heavy (non-hydrogen) atoms. The van der Waals surface area contributed by atoms with Crippen molar-refractivity contribution in [3.63, 3.8) is 0 Å². The first kappa shape index (κ1) is 12.1. The lowest BCUT2D eigenvalue weighted by atomic mass is 10.2. The molecular formula is C10H14N5O4+. The Balaban J connectivity index is 2.01. The summed E-state index contributed by atoms with van der Waals surface area (Å²) in [5, 5.41) is 18.8. The number of hydrogen-bond acceptors (Lipinski definition) is 6. The van der Waals surface area contributed by atoms with Gasteiger partial charge in [0.2, 0.25) is 5.65 Å². The summed E-state index contributed by atoms with van der Waals surface area (Å²) in [6.07, 6.45) is -0.0440. The second kappa shape index (κ2) is 4.30. The van der Waals surface area contributed by atoms with Crippen molar-refractivity contribution < 1.29 is 19.5 Å². The number of aromatic amines is 2. The molecule has 1 saturated heterocycles. The van der Waals surface area contributed by atoms with E-state index in [9.17, 15) is 9.90 Å². The molecule has 9 nitrogen and oxygen atoms in total. The van der Waals surface area contributed by atoms with E-state index in [1.807, 2.05) is 0 Å². The minimum absolute atomic E-state index is 0.151. The fraction of sp³-hybridized carbons (Fsp3) is 0.500. The van der Waals surface area contributed by atoms with Gasteiger partial charge in [-0.1, -0.05) is 4.98 Å². The quantitative estimate of drug-likeness (QED) is 0.390. The molecule has 102 valence electrons. The average Bonchev–Trinajstić information content (AvgIpc) is 2.89. The number of aliphatic hydroxyl groups excluding tert-OH is 2. The van der Waals surface area contributed by atoms with E-state index in [1.165, 1.54) is 4.57 Å². The molecule has 0 radical (unpaired) electrons. The first-order valence-electron chi connectivity index (χ1n) is 5.82. The summed E-state index contributed by atoms with van der Waals surface area (Å²) in [6, 6.07) is 0. The van der Waals surface area contributed by atoms with Crippen LogP contribution in [0.3, 0.4) is 0 Å². The Labute approximate surface area is 106 Å². The molecular weight excluding hydrogens is 254 g/mol. The van der Waals surface area contributed by atoms with Gasteiger partial charge in [-0.2, -0.15) is 0 Å². The molecule has 0 saturated carbocycles. The van der Waals surface area contributed by atoms with Crippen LogP contribution in [0.2, 0.25) is 0 Å². The number of nitrogens with zero attached hydrogens (tertiary/aromatic N) is 2. The van der Waals surface area contributed by atoms with Gasteiger partial charge in [-0.05, 0) is 0 Å². The molecule has 2 aromatic rings. The highest BCUT2D eigenvalue weighted by atomic mass is 16.5. The zero-order valence-corrected chi connectivity index (χ0v) is 9.91. The highest BCUT2D eigenvalue weighted by molar-refractivity contribution is 5.68. The summed E-state index contributed by atoms with van der Waals surface area (Å²) in [7, 11) is 0. The van der Waals surface area contributed by atoms with Gasteiger partial charge in [0.05, 0.1) is 18.9 Å². The van der Waals surface area contributed by atoms with Crippen LogP contribution in [0.1, 0.15) is 12.6 Å². The Morgan fingerprint density at radius 3 is 3.05 bits per heavy atom. The molecule has 1 unspecified atom stereocenters. The fourth-order valence-corrected chi connectivity index (χ4v) is 2.23. The van der Waals surface area contributed by atoms with Gasteiger partial charge in [0.1, 0.15) is 11.6 Å². The molecule has 1 aliphatic rings. The number of H-pyrrole nitrogens is 2. The maximum absolute atomic E-state index is 11.2. The van der Waals surface area contributed by atoms with Gasteiger partial charge >= 0.3 is 11.6 Å². The summed E-state index contributed by atoms with van der Waals surface area (Å²) >= 11 is 0. The van der Waals surface area contributed by atoms with Crippen molar-refractivity contribution in [3.8, 4) is 0 Å². The Morgan fingerprint density at radius 2 is 2.37 bits per heavy atom. The minimum Gasteiger partial charge on any atom is -0.394 e. The van der Waals surface area contributed by atoms with Crippen molar-refractivity contribution in [1.29, 1.82) is 0 Å². The van der Waals surface area contributed by atoms with Crippen LogP contribution in [-0.2, 0) is 4.74 Å². The van der Waals surface area contributed by atoms with E-state index in [-0.39, 0.29) is 18.2 Å². The van der Waals surface area contributed by atoms with E-state index >= 15 is 0 Å². The van der Waals surface area contributed by atoms with E-state index < -0.39 is 18.4 Å². The largest absolute Gasteiger partial charge is 0.394 e. The van der Waals surface area contributed by atoms with Crippen LogP contribution in [0.4, 0.5) is 5.95 Å². The number of hydrogen-bond donors (Lipinski definition) is 5. The average molecular weight is 268 g/mol. The van der Waals surface area contributed by atoms with Crippen LogP contribution in [0.25, 0.3) is 11.2 Å². The Bertz CT molecular complexity index is 665. The lowest BCUT2D eigenvalue weighted by Gasteiger charge is -2.11. The van der Waals surface area contributed by atoms with Crippen molar-refractivity contribution in [2.75, 3.05) is 12.3 Å². The Hall–Kier alpha value is -1.97. The first-order chi connectivity index (χ1) is 9.08. The van der Waals surface area contributed by atoms with E-state index in [0.29, 0.717) is 17.6 Å². The second-order valence-corrected chi connectivity index (χ2v) is 4.46. The number of imidazole rings is 1. The number of aromatic nitrogens is 4. The molecule has 0 spiro atoms. The molecule has 9 heteroatoms. The molecule has 0 bridgehead atoms.